The number of aryl methyl sites for hydroxylation is 1. The molecule has 1 unspecified atom stereocenters. The van der Waals surface area contributed by atoms with Crippen LogP contribution in [0.4, 0.5) is 0 Å². The van der Waals surface area contributed by atoms with Gasteiger partial charge in [-0.25, -0.2) is 4.98 Å². The zero-order valence-corrected chi connectivity index (χ0v) is 11.0. The number of carbonyl (C=O) groups excluding carboxylic acids is 1. The van der Waals surface area contributed by atoms with Crippen molar-refractivity contribution in [3.8, 4) is 0 Å². The second-order valence-electron chi connectivity index (χ2n) is 4.39. The summed E-state index contributed by atoms with van der Waals surface area (Å²) in [5.41, 5.74) is 0. The van der Waals surface area contributed by atoms with Crippen LogP contribution in [0.3, 0.4) is 0 Å². The molecule has 0 saturated heterocycles. The van der Waals surface area contributed by atoms with Gasteiger partial charge in [0.25, 0.3) is 0 Å². The highest BCUT2D eigenvalue weighted by Crippen LogP contribution is 2.02. The SMILES string of the molecule is COC(=O)C(C)CN(C)CCc1nccn1C. The molecule has 0 fully saturated rings. The Morgan fingerprint density at radius 3 is 2.88 bits per heavy atom. The zero-order chi connectivity index (χ0) is 12.8. The Morgan fingerprint density at radius 2 is 2.35 bits per heavy atom. The van der Waals surface area contributed by atoms with E-state index in [9.17, 15) is 4.79 Å². The molecular formula is C12H21N3O2. The number of likely N-dealkylation sites (N-methyl/N-ethyl adjacent to an activating group) is 1. The molecular weight excluding hydrogens is 218 g/mol. The summed E-state index contributed by atoms with van der Waals surface area (Å²) in [6.07, 6.45) is 4.62. The third kappa shape index (κ3) is 4.19. The molecule has 1 rings (SSSR count). The average Bonchev–Trinajstić information content (AvgIpc) is 2.71. The fraction of sp³-hybridized carbons (Fsp3) is 0.667. The van der Waals surface area contributed by atoms with E-state index in [1.807, 2.05) is 31.8 Å². The van der Waals surface area contributed by atoms with E-state index in [1.54, 1.807) is 6.20 Å². The van der Waals surface area contributed by atoms with Crippen molar-refractivity contribution in [1.29, 1.82) is 0 Å². The third-order valence-electron chi connectivity index (χ3n) is 2.83. The minimum absolute atomic E-state index is 0.0913. The summed E-state index contributed by atoms with van der Waals surface area (Å²) in [5.74, 6) is 0.808. The molecule has 96 valence electrons. The second-order valence-corrected chi connectivity index (χ2v) is 4.39. The van der Waals surface area contributed by atoms with E-state index in [2.05, 4.69) is 9.88 Å². The molecule has 1 aromatic rings. The molecule has 0 saturated carbocycles. The summed E-state index contributed by atoms with van der Waals surface area (Å²) in [6, 6.07) is 0. The Kier molecular flexibility index (Phi) is 5.15. The standard InChI is InChI=1S/C12H21N3O2/c1-10(12(16)17-4)9-14(2)7-5-11-13-6-8-15(11)3/h6,8,10H,5,7,9H2,1-4H3. The summed E-state index contributed by atoms with van der Waals surface area (Å²) in [6.45, 7) is 3.46. The normalized spacial score (nSPS) is 12.8. The number of nitrogens with zero attached hydrogens (tertiary/aromatic N) is 3. The number of hydrogen-bond donors (Lipinski definition) is 0. The van der Waals surface area contributed by atoms with E-state index >= 15 is 0 Å². The Labute approximate surface area is 102 Å². The van der Waals surface area contributed by atoms with Crippen LogP contribution in [-0.2, 0) is 23.0 Å². The monoisotopic (exact) mass is 239 g/mol. The second kappa shape index (κ2) is 6.39. The van der Waals surface area contributed by atoms with Crippen LogP contribution in [0.15, 0.2) is 12.4 Å². The molecule has 0 bridgehead atoms. The van der Waals surface area contributed by atoms with Crippen LogP contribution < -0.4 is 0 Å². The van der Waals surface area contributed by atoms with Crippen LogP contribution >= 0.6 is 0 Å². The van der Waals surface area contributed by atoms with Crippen LogP contribution in [0.5, 0.6) is 0 Å². The Hall–Kier alpha value is -1.36. The fourth-order valence-corrected chi connectivity index (χ4v) is 1.76. The van der Waals surface area contributed by atoms with Crippen molar-refractivity contribution in [3.05, 3.63) is 18.2 Å². The van der Waals surface area contributed by atoms with Crippen LogP contribution in [0.25, 0.3) is 0 Å². The molecule has 0 amide bonds. The first-order valence-corrected chi connectivity index (χ1v) is 5.77. The Balaban J connectivity index is 2.33. The number of aromatic nitrogens is 2. The molecule has 0 aliphatic carbocycles. The summed E-state index contributed by atoms with van der Waals surface area (Å²) in [5, 5.41) is 0. The first-order chi connectivity index (χ1) is 8.04. The van der Waals surface area contributed by atoms with E-state index in [1.165, 1.54) is 7.11 Å². The lowest BCUT2D eigenvalue weighted by Crippen LogP contribution is -2.31. The Bertz CT molecular complexity index is 362. The van der Waals surface area contributed by atoms with Gasteiger partial charge in [-0.15, -0.1) is 0 Å². The predicted octanol–water partition coefficient (Wildman–Crippen LogP) is 0.703. The van der Waals surface area contributed by atoms with Crippen molar-refractivity contribution in [2.75, 3.05) is 27.2 Å². The molecule has 1 atom stereocenters. The number of carbonyl (C=O) groups is 1. The number of methoxy groups -OCH3 is 1. The van der Waals surface area contributed by atoms with Crippen molar-refractivity contribution in [2.24, 2.45) is 13.0 Å². The highest BCUT2D eigenvalue weighted by Gasteiger charge is 2.15. The molecule has 0 radical (unpaired) electrons. The molecule has 0 spiro atoms. The van der Waals surface area contributed by atoms with Crippen LogP contribution in [0.1, 0.15) is 12.7 Å². The molecule has 0 aliphatic rings. The smallest absolute Gasteiger partial charge is 0.309 e. The Morgan fingerprint density at radius 1 is 1.65 bits per heavy atom. The van der Waals surface area contributed by atoms with Gasteiger partial charge >= 0.3 is 5.97 Å². The lowest BCUT2D eigenvalue weighted by atomic mass is 10.1. The molecule has 5 heteroatoms. The molecule has 0 aromatic carbocycles. The highest BCUT2D eigenvalue weighted by molar-refractivity contribution is 5.71. The molecule has 17 heavy (non-hydrogen) atoms. The van der Waals surface area contributed by atoms with Crippen molar-refractivity contribution >= 4 is 5.97 Å². The van der Waals surface area contributed by atoms with Crippen molar-refractivity contribution in [3.63, 3.8) is 0 Å². The van der Waals surface area contributed by atoms with Gasteiger partial charge in [0.2, 0.25) is 0 Å². The van der Waals surface area contributed by atoms with Crippen LogP contribution in [-0.4, -0.2) is 47.7 Å². The summed E-state index contributed by atoms with van der Waals surface area (Å²) in [7, 11) is 5.41. The fourth-order valence-electron chi connectivity index (χ4n) is 1.76. The van der Waals surface area contributed by atoms with Crippen molar-refractivity contribution in [2.45, 2.75) is 13.3 Å². The third-order valence-corrected chi connectivity index (χ3v) is 2.83. The maximum Gasteiger partial charge on any atom is 0.309 e. The van der Waals surface area contributed by atoms with Gasteiger partial charge in [-0.05, 0) is 7.05 Å². The van der Waals surface area contributed by atoms with Crippen LogP contribution in [0.2, 0.25) is 0 Å². The molecule has 0 aliphatic heterocycles. The van der Waals surface area contributed by atoms with Crippen molar-refractivity contribution in [1.82, 2.24) is 14.5 Å². The van der Waals surface area contributed by atoms with E-state index in [0.717, 1.165) is 18.8 Å². The summed E-state index contributed by atoms with van der Waals surface area (Å²) in [4.78, 5) is 17.7. The lowest BCUT2D eigenvalue weighted by molar-refractivity contribution is -0.145. The van der Waals surface area contributed by atoms with Gasteiger partial charge in [-0.1, -0.05) is 6.92 Å². The number of imidazole rings is 1. The summed E-state index contributed by atoms with van der Waals surface area (Å²) < 4.78 is 6.71. The van der Waals surface area contributed by atoms with Gasteiger partial charge < -0.3 is 14.2 Å². The molecule has 1 heterocycles. The first kappa shape index (κ1) is 13.7. The van der Waals surface area contributed by atoms with E-state index in [4.69, 9.17) is 4.74 Å². The minimum atomic E-state index is -0.158. The van der Waals surface area contributed by atoms with Crippen LogP contribution in [0, 0.1) is 5.92 Å². The van der Waals surface area contributed by atoms with Gasteiger partial charge in [0.1, 0.15) is 5.82 Å². The van der Waals surface area contributed by atoms with Crippen molar-refractivity contribution < 1.29 is 9.53 Å². The van der Waals surface area contributed by atoms with Gasteiger partial charge in [-0.3, -0.25) is 4.79 Å². The first-order valence-electron chi connectivity index (χ1n) is 5.77. The maximum absolute atomic E-state index is 11.3. The van der Waals surface area contributed by atoms with Gasteiger partial charge in [0.05, 0.1) is 13.0 Å². The largest absolute Gasteiger partial charge is 0.469 e. The minimum Gasteiger partial charge on any atom is -0.469 e. The van der Waals surface area contributed by atoms with E-state index < -0.39 is 0 Å². The van der Waals surface area contributed by atoms with Gasteiger partial charge in [-0.2, -0.15) is 0 Å². The molecule has 5 nitrogen and oxygen atoms in total. The lowest BCUT2D eigenvalue weighted by Gasteiger charge is -2.19. The number of esters is 1. The van der Waals surface area contributed by atoms with Gasteiger partial charge in [0.15, 0.2) is 0 Å². The summed E-state index contributed by atoms with van der Waals surface area (Å²) >= 11 is 0. The number of ether oxygens (including phenoxy) is 1. The maximum atomic E-state index is 11.3. The highest BCUT2D eigenvalue weighted by atomic mass is 16.5. The van der Waals surface area contributed by atoms with E-state index in [0.29, 0.717) is 6.54 Å². The van der Waals surface area contributed by atoms with E-state index in [-0.39, 0.29) is 11.9 Å². The zero-order valence-electron chi connectivity index (χ0n) is 11.0. The quantitative estimate of drug-likeness (QED) is 0.686. The molecule has 0 N–H and O–H groups in total. The molecule has 1 aromatic heterocycles. The predicted molar refractivity (Wildman–Crippen MR) is 65.6 cm³/mol. The van der Waals surface area contributed by atoms with Gasteiger partial charge in [0, 0.05) is 39.0 Å². The number of rotatable bonds is 6. The topological polar surface area (TPSA) is 47.4 Å². The number of hydrogen-bond acceptors (Lipinski definition) is 4. The average molecular weight is 239 g/mol.